The maximum absolute atomic E-state index is 5.77. The van der Waals surface area contributed by atoms with Crippen LogP contribution < -0.4 is 5.32 Å². The molecule has 2 aromatic heterocycles. The molecule has 0 amide bonds. The summed E-state index contributed by atoms with van der Waals surface area (Å²) in [5.41, 5.74) is 3.07. The van der Waals surface area contributed by atoms with Crippen molar-refractivity contribution >= 4 is 46.0 Å². The van der Waals surface area contributed by atoms with Crippen molar-refractivity contribution in [1.82, 2.24) is 20.4 Å². The predicted octanol–water partition coefficient (Wildman–Crippen LogP) is 5.61. The van der Waals surface area contributed by atoms with Gasteiger partial charge in [0.25, 0.3) is 5.89 Å². The van der Waals surface area contributed by atoms with Crippen LogP contribution in [0.1, 0.15) is 37.8 Å². The van der Waals surface area contributed by atoms with Gasteiger partial charge in [0.05, 0.1) is 16.5 Å². The van der Waals surface area contributed by atoms with Gasteiger partial charge in [0.15, 0.2) is 5.11 Å². The summed E-state index contributed by atoms with van der Waals surface area (Å²) in [6, 6.07) is 12.3. The smallest absolute Gasteiger partial charge is 0.258 e. The SMILES string of the molecule is CCOCCCN1C(=S)NC(c2ccc(SC)cc2)C(c2nc(-c3cccs3)no2)=C1C. The van der Waals surface area contributed by atoms with Crippen molar-refractivity contribution in [2.75, 3.05) is 26.0 Å². The number of aromatic nitrogens is 2. The Balaban J connectivity index is 1.72. The second kappa shape index (κ2) is 10.6. The van der Waals surface area contributed by atoms with Gasteiger partial charge in [-0.25, -0.2) is 0 Å². The molecular weight excluding hydrogens is 460 g/mol. The molecule has 3 aromatic rings. The fourth-order valence-corrected chi connectivity index (χ4v) is 5.09. The van der Waals surface area contributed by atoms with E-state index in [4.69, 9.17) is 26.5 Å². The number of benzene rings is 1. The quantitative estimate of drug-likeness (QED) is 0.238. The van der Waals surface area contributed by atoms with Crippen LogP contribution in [0, 0.1) is 0 Å². The number of ether oxygens (including phenoxy) is 1. The molecule has 0 radical (unpaired) electrons. The highest BCUT2D eigenvalue weighted by Gasteiger charge is 2.34. The first-order valence-corrected chi connectivity index (χ1v) is 13.0. The molecule has 6 nitrogen and oxygen atoms in total. The van der Waals surface area contributed by atoms with E-state index in [2.05, 4.69) is 52.8 Å². The minimum absolute atomic E-state index is 0.168. The van der Waals surface area contributed by atoms with Crippen molar-refractivity contribution in [3.8, 4) is 10.7 Å². The molecule has 0 saturated heterocycles. The molecule has 1 aliphatic rings. The zero-order valence-corrected chi connectivity index (χ0v) is 20.8. The number of rotatable bonds is 9. The van der Waals surface area contributed by atoms with Gasteiger partial charge in [-0.2, -0.15) is 4.98 Å². The van der Waals surface area contributed by atoms with Gasteiger partial charge in [-0.1, -0.05) is 23.4 Å². The van der Waals surface area contributed by atoms with Gasteiger partial charge < -0.3 is 19.5 Å². The summed E-state index contributed by atoms with van der Waals surface area (Å²) in [4.78, 5) is 9.04. The summed E-state index contributed by atoms with van der Waals surface area (Å²) >= 11 is 9.06. The largest absolute Gasteiger partial charge is 0.382 e. The lowest BCUT2D eigenvalue weighted by molar-refractivity contribution is 0.141. The van der Waals surface area contributed by atoms with Gasteiger partial charge in [0.1, 0.15) is 0 Å². The van der Waals surface area contributed by atoms with Gasteiger partial charge in [0, 0.05) is 30.4 Å². The summed E-state index contributed by atoms with van der Waals surface area (Å²) < 4.78 is 11.3. The average Bonchev–Trinajstić information content (AvgIpc) is 3.50. The van der Waals surface area contributed by atoms with Gasteiger partial charge in [0.2, 0.25) is 5.82 Å². The zero-order chi connectivity index (χ0) is 22.5. The monoisotopic (exact) mass is 486 g/mol. The highest BCUT2D eigenvalue weighted by Crippen LogP contribution is 2.38. The maximum atomic E-state index is 5.77. The van der Waals surface area contributed by atoms with Crippen LogP contribution in [0.4, 0.5) is 0 Å². The molecular formula is C23H26N4O2S3. The first-order valence-electron chi connectivity index (χ1n) is 10.5. The number of thiophene rings is 1. The third kappa shape index (κ3) is 4.91. The molecule has 1 N–H and O–H groups in total. The van der Waals surface area contributed by atoms with Gasteiger partial charge in [-0.3, -0.25) is 0 Å². The number of hydrogen-bond acceptors (Lipinski definition) is 7. The van der Waals surface area contributed by atoms with E-state index in [0.717, 1.165) is 34.7 Å². The Bertz CT molecular complexity index is 1080. The fraction of sp³-hybridized carbons (Fsp3) is 0.348. The third-order valence-corrected chi connectivity index (χ3v) is 7.27. The molecule has 168 valence electrons. The second-order valence-electron chi connectivity index (χ2n) is 7.26. The van der Waals surface area contributed by atoms with Crippen molar-refractivity contribution in [3.05, 3.63) is 58.9 Å². The van der Waals surface area contributed by atoms with Gasteiger partial charge in [-0.15, -0.1) is 23.1 Å². The van der Waals surface area contributed by atoms with Crippen LogP contribution in [-0.2, 0) is 4.74 Å². The Morgan fingerprint density at radius 3 is 2.78 bits per heavy atom. The van der Waals surface area contributed by atoms with Gasteiger partial charge >= 0.3 is 0 Å². The van der Waals surface area contributed by atoms with E-state index >= 15 is 0 Å². The Kier molecular flexibility index (Phi) is 7.62. The lowest BCUT2D eigenvalue weighted by Gasteiger charge is -2.37. The van der Waals surface area contributed by atoms with Crippen LogP contribution in [0.25, 0.3) is 16.3 Å². The first kappa shape index (κ1) is 23.0. The predicted molar refractivity (Wildman–Crippen MR) is 135 cm³/mol. The number of hydrogen-bond donors (Lipinski definition) is 1. The van der Waals surface area contributed by atoms with Crippen LogP contribution in [-0.4, -0.2) is 46.2 Å². The molecule has 1 aromatic carbocycles. The lowest BCUT2D eigenvalue weighted by atomic mass is 9.95. The van der Waals surface area contributed by atoms with E-state index in [1.54, 1.807) is 23.1 Å². The lowest BCUT2D eigenvalue weighted by Crippen LogP contribution is -2.46. The zero-order valence-electron chi connectivity index (χ0n) is 18.3. The molecule has 32 heavy (non-hydrogen) atoms. The third-order valence-electron chi connectivity index (χ3n) is 5.32. The Hall–Kier alpha value is -2.20. The summed E-state index contributed by atoms with van der Waals surface area (Å²) in [6.07, 6.45) is 2.95. The highest BCUT2D eigenvalue weighted by atomic mass is 32.2. The Morgan fingerprint density at radius 1 is 1.28 bits per heavy atom. The van der Waals surface area contributed by atoms with Crippen LogP contribution in [0.15, 0.2) is 56.9 Å². The van der Waals surface area contributed by atoms with Gasteiger partial charge in [-0.05, 0) is 67.9 Å². The molecule has 0 saturated carbocycles. The molecule has 0 fully saturated rings. The summed E-state index contributed by atoms with van der Waals surface area (Å²) in [5, 5.41) is 10.5. The first-order chi connectivity index (χ1) is 15.6. The van der Waals surface area contributed by atoms with Crippen LogP contribution in [0.3, 0.4) is 0 Å². The van der Waals surface area contributed by atoms with E-state index < -0.39 is 0 Å². The van der Waals surface area contributed by atoms with E-state index in [1.807, 2.05) is 24.4 Å². The van der Waals surface area contributed by atoms with Crippen molar-refractivity contribution in [2.24, 2.45) is 0 Å². The van der Waals surface area contributed by atoms with Crippen LogP contribution >= 0.6 is 35.3 Å². The number of nitrogens with one attached hydrogen (secondary N) is 1. The van der Waals surface area contributed by atoms with E-state index in [0.29, 0.717) is 30.0 Å². The highest BCUT2D eigenvalue weighted by molar-refractivity contribution is 7.98. The maximum Gasteiger partial charge on any atom is 0.258 e. The molecule has 0 aliphatic carbocycles. The molecule has 3 heterocycles. The summed E-state index contributed by atoms with van der Waals surface area (Å²) in [7, 11) is 0. The van der Waals surface area contributed by atoms with E-state index in [9.17, 15) is 0 Å². The van der Waals surface area contributed by atoms with Crippen LogP contribution in [0.5, 0.6) is 0 Å². The normalized spacial score (nSPS) is 16.5. The molecule has 1 atom stereocenters. The Labute approximate surface area is 202 Å². The van der Waals surface area contributed by atoms with E-state index in [-0.39, 0.29) is 6.04 Å². The molecule has 0 spiro atoms. The topological polar surface area (TPSA) is 63.4 Å². The average molecular weight is 487 g/mol. The minimum Gasteiger partial charge on any atom is -0.382 e. The molecule has 9 heteroatoms. The molecule has 0 bridgehead atoms. The summed E-state index contributed by atoms with van der Waals surface area (Å²) in [5.74, 6) is 1.11. The van der Waals surface area contributed by atoms with Crippen LogP contribution in [0.2, 0.25) is 0 Å². The number of allylic oxidation sites excluding steroid dienone is 1. The van der Waals surface area contributed by atoms with Crippen molar-refractivity contribution in [3.63, 3.8) is 0 Å². The second-order valence-corrected chi connectivity index (χ2v) is 9.47. The minimum atomic E-state index is -0.168. The fourth-order valence-electron chi connectivity index (χ4n) is 3.68. The molecule has 4 rings (SSSR count). The van der Waals surface area contributed by atoms with Crippen molar-refractivity contribution < 1.29 is 9.26 Å². The van der Waals surface area contributed by atoms with Crippen molar-refractivity contribution in [1.29, 1.82) is 0 Å². The molecule has 1 aliphatic heterocycles. The molecule has 1 unspecified atom stereocenters. The number of nitrogens with zero attached hydrogens (tertiary/aromatic N) is 3. The van der Waals surface area contributed by atoms with E-state index in [1.165, 1.54) is 4.90 Å². The van der Waals surface area contributed by atoms with Crippen molar-refractivity contribution in [2.45, 2.75) is 31.2 Å². The Morgan fingerprint density at radius 2 is 2.09 bits per heavy atom. The number of thioether (sulfide) groups is 1. The summed E-state index contributed by atoms with van der Waals surface area (Å²) in [6.45, 7) is 6.24. The number of thiocarbonyl (C=S) groups is 1. The standard InChI is InChI=1S/C23H26N4O2S3/c1-4-28-13-6-12-27-15(2)19(22-25-21(26-29-22)18-7-5-14-32-18)20(24-23(27)30)16-8-10-17(31-3)11-9-16/h5,7-11,14,20H,4,6,12-13H2,1-3H3,(H,24,30).